The maximum absolute atomic E-state index is 13.3. The van der Waals surface area contributed by atoms with Gasteiger partial charge < -0.3 is 14.8 Å². The van der Waals surface area contributed by atoms with Gasteiger partial charge in [-0.2, -0.15) is 0 Å². The molecule has 0 heterocycles. The topological polar surface area (TPSA) is 30.5 Å². The Bertz CT molecular complexity index is 348. The van der Waals surface area contributed by atoms with Crippen LogP contribution in [0.5, 0.6) is 0 Å². The van der Waals surface area contributed by atoms with Crippen molar-refractivity contribution in [1.29, 1.82) is 0 Å². The molecule has 0 amide bonds. The van der Waals surface area contributed by atoms with Gasteiger partial charge in [-0.3, -0.25) is 0 Å². The summed E-state index contributed by atoms with van der Waals surface area (Å²) in [5.41, 5.74) is 1.05. The molecule has 0 aromatic heterocycles. The number of nitrogens with one attached hydrogen (secondary N) is 1. The molecule has 1 N–H and O–H groups in total. The molecule has 114 valence electrons. The second kappa shape index (κ2) is 10.8. The van der Waals surface area contributed by atoms with Crippen molar-refractivity contribution in [2.24, 2.45) is 0 Å². The monoisotopic (exact) mass is 283 g/mol. The van der Waals surface area contributed by atoms with Crippen LogP contribution < -0.4 is 5.32 Å². The summed E-state index contributed by atoms with van der Waals surface area (Å²) < 4.78 is 23.7. The van der Waals surface area contributed by atoms with Crippen molar-refractivity contribution in [1.82, 2.24) is 5.32 Å². The van der Waals surface area contributed by atoms with Gasteiger partial charge in [0.2, 0.25) is 0 Å². The number of hydrogen-bond acceptors (Lipinski definition) is 3. The smallest absolute Gasteiger partial charge is 0.123 e. The van der Waals surface area contributed by atoms with Crippen LogP contribution in [0.25, 0.3) is 0 Å². The lowest BCUT2D eigenvalue weighted by Gasteiger charge is -2.18. The average Bonchev–Trinajstić information content (AvgIpc) is 2.45. The van der Waals surface area contributed by atoms with Crippen LogP contribution in [0.2, 0.25) is 0 Å². The van der Waals surface area contributed by atoms with Gasteiger partial charge in [0.25, 0.3) is 0 Å². The number of rotatable bonds is 11. The van der Waals surface area contributed by atoms with Crippen molar-refractivity contribution in [2.45, 2.75) is 25.7 Å². The van der Waals surface area contributed by atoms with Crippen molar-refractivity contribution in [3.05, 3.63) is 35.6 Å². The molecule has 20 heavy (non-hydrogen) atoms. The van der Waals surface area contributed by atoms with Gasteiger partial charge in [0, 0.05) is 33.4 Å². The molecule has 1 aromatic carbocycles. The van der Waals surface area contributed by atoms with Crippen molar-refractivity contribution < 1.29 is 13.9 Å². The van der Waals surface area contributed by atoms with Crippen molar-refractivity contribution in [2.75, 3.05) is 40.0 Å². The fraction of sp³-hybridized carbons (Fsp3) is 0.625. The van der Waals surface area contributed by atoms with Crippen molar-refractivity contribution in [3.8, 4) is 0 Å². The zero-order valence-electron chi connectivity index (χ0n) is 12.5. The molecule has 0 bridgehead atoms. The molecule has 0 spiro atoms. The lowest BCUT2D eigenvalue weighted by Crippen LogP contribution is -2.25. The maximum atomic E-state index is 13.3. The fourth-order valence-corrected chi connectivity index (χ4v) is 2.17. The first-order valence-corrected chi connectivity index (χ1v) is 7.30. The molecule has 0 radical (unpaired) electrons. The minimum atomic E-state index is -0.172. The highest BCUT2D eigenvalue weighted by molar-refractivity contribution is 5.21. The van der Waals surface area contributed by atoms with Crippen LogP contribution in [0.15, 0.2) is 24.3 Å². The first kappa shape index (κ1) is 17.1. The predicted molar refractivity (Wildman–Crippen MR) is 79.6 cm³/mol. The summed E-state index contributed by atoms with van der Waals surface area (Å²) in [5, 5.41) is 3.36. The van der Waals surface area contributed by atoms with Gasteiger partial charge in [0.05, 0.1) is 6.61 Å². The van der Waals surface area contributed by atoms with Crippen LogP contribution in [0.4, 0.5) is 4.39 Å². The van der Waals surface area contributed by atoms with E-state index < -0.39 is 0 Å². The fourth-order valence-electron chi connectivity index (χ4n) is 2.17. The Balaban J connectivity index is 2.49. The number of hydrogen-bond donors (Lipinski definition) is 1. The molecule has 1 rings (SSSR count). The number of benzene rings is 1. The lowest BCUT2D eigenvalue weighted by molar-refractivity contribution is 0.141. The van der Waals surface area contributed by atoms with E-state index in [-0.39, 0.29) is 5.82 Å². The molecule has 3 nitrogen and oxygen atoms in total. The highest BCUT2D eigenvalue weighted by Gasteiger charge is 2.11. The Morgan fingerprint density at radius 3 is 2.85 bits per heavy atom. The highest BCUT2D eigenvalue weighted by Crippen LogP contribution is 2.21. The summed E-state index contributed by atoms with van der Waals surface area (Å²) in [5.74, 6) is 0.136. The minimum Gasteiger partial charge on any atom is -0.383 e. The second-order valence-corrected chi connectivity index (χ2v) is 4.79. The van der Waals surface area contributed by atoms with Gasteiger partial charge in [0.15, 0.2) is 0 Å². The molecule has 0 saturated carbocycles. The van der Waals surface area contributed by atoms with Crippen molar-refractivity contribution >= 4 is 0 Å². The van der Waals surface area contributed by atoms with Gasteiger partial charge in [-0.25, -0.2) is 4.39 Å². The van der Waals surface area contributed by atoms with E-state index in [0.29, 0.717) is 12.5 Å². The Labute approximate surface area is 121 Å². The van der Waals surface area contributed by atoms with Crippen molar-refractivity contribution in [3.63, 3.8) is 0 Å². The largest absolute Gasteiger partial charge is 0.383 e. The Hall–Kier alpha value is -0.970. The van der Waals surface area contributed by atoms with Crippen LogP contribution in [0.1, 0.15) is 31.2 Å². The van der Waals surface area contributed by atoms with Crippen LogP contribution in [-0.2, 0) is 9.47 Å². The molecule has 0 aliphatic carbocycles. The summed E-state index contributed by atoms with van der Waals surface area (Å²) >= 11 is 0. The summed E-state index contributed by atoms with van der Waals surface area (Å²) in [6.45, 7) is 5.84. The number of halogens is 1. The lowest BCUT2D eigenvalue weighted by atomic mass is 9.94. The first-order valence-electron chi connectivity index (χ1n) is 7.30. The zero-order chi connectivity index (χ0) is 14.6. The van der Waals surface area contributed by atoms with E-state index in [1.165, 1.54) is 6.07 Å². The van der Waals surface area contributed by atoms with Crippen LogP contribution >= 0.6 is 0 Å². The molecular weight excluding hydrogens is 257 g/mol. The average molecular weight is 283 g/mol. The Kier molecular flexibility index (Phi) is 9.20. The molecule has 1 atom stereocenters. The molecule has 0 aliphatic heterocycles. The third kappa shape index (κ3) is 6.98. The highest BCUT2D eigenvalue weighted by atomic mass is 19.1. The first-order chi connectivity index (χ1) is 9.77. The normalized spacial score (nSPS) is 12.6. The van der Waals surface area contributed by atoms with E-state index in [9.17, 15) is 4.39 Å². The third-order valence-corrected chi connectivity index (χ3v) is 3.24. The third-order valence-electron chi connectivity index (χ3n) is 3.24. The molecular formula is C16H26FNO2. The number of methoxy groups -OCH3 is 1. The van der Waals surface area contributed by atoms with Crippen LogP contribution in [-0.4, -0.2) is 40.0 Å². The summed E-state index contributed by atoms with van der Waals surface area (Å²) in [6, 6.07) is 6.88. The number of ether oxygens (including phenoxy) is 2. The van der Waals surface area contributed by atoms with E-state index >= 15 is 0 Å². The van der Waals surface area contributed by atoms with Crippen LogP contribution in [0.3, 0.4) is 0 Å². The standard InChI is InChI=1S/C16H26FNO2/c1-3-20-10-5-7-15(13-18-9-11-19-2)14-6-4-8-16(17)12-14/h4,6,8,12,15,18H,3,5,7,9-11,13H2,1-2H3. The van der Waals surface area contributed by atoms with E-state index in [1.54, 1.807) is 19.2 Å². The Morgan fingerprint density at radius 1 is 1.30 bits per heavy atom. The van der Waals surface area contributed by atoms with Gasteiger partial charge in [-0.15, -0.1) is 0 Å². The van der Waals surface area contributed by atoms with Gasteiger partial charge in [-0.05, 0) is 43.4 Å². The quantitative estimate of drug-likeness (QED) is 0.633. The summed E-state index contributed by atoms with van der Waals surface area (Å²) in [6.07, 6.45) is 1.98. The van der Waals surface area contributed by atoms with E-state index in [1.807, 2.05) is 13.0 Å². The van der Waals surface area contributed by atoms with Crippen LogP contribution in [0, 0.1) is 5.82 Å². The van der Waals surface area contributed by atoms with Gasteiger partial charge in [-0.1, -0.05) is 12.1 Å². The SMILES string of the molecule is CCOCCCC(CNCCOC)c1cccc(F)c1. The second-order valence-electron chi connectivity index (χ2n) is 4.79. The zero-order valence-corrected chi connectivity index (χ0v) is 12.5. The molecule has 1 aromatic rings. The maximum Gasteiger partial charge on any atom is 0.123 e. The summed E-state index contributed by atoms with van der Waals surface area (Å²) in [7, 11) is 1.69. The minimum absolute atomic E-state index is 0.172. The molecule has 1 unspecified atom stereocenters. The predicted octanol–water partition coefficient (Wildman–Crippen LogP) is 2.96. The Morgan fingerprint density at radius 2 is 2.15 bits per heavy atom. The molecule has 0 aliphatic rings. The molecule has 4 heteroatoms. The van der Waals surface area contributed by atoms with Gasteiger partial charge in [0.1, 0.15) is 5.82 Å². The molecule has 0 saturated heterocycles. The van der Waals surface area contributed by atoms with E-state index in [2.05, 4.69) is 5.32 Å². The van der Waals surface area contributed by atoms with Gasteiger partial charge >= 0.3 is 0 Å². The van der Waals surface area contributed by atoms with E-state index in [0.717, 1.165) is 44.7 Å². The summed E-state index contributed by atoms with van der Waals surface area (Å²) in [4.78, 5) is 0. The van der Waals surface area contributed by atoms with E-state index in [4.69, 9.17) is 9.47 Å². The molecule has 0 fully saturated rings.